The van der Waals surface area contributed by atoms with Gasteiger partial charge < -0.3 is 10.2 Å². The summed E-state index contributed by atoms with van der Waals surface area (Å²) in [7, 11) is 0. The van der Waals surface area contributed by atoms with Crippen LogP contribution in [0.5, 0.6) is 0 Å². The van der Waals surface area contributed by atoms with E-state index in [1.54, 1.807) is 4.90 Å². The summed E-state index contributed by atoms with van der Waals surface area (Å²) in [5.41, 5.74) is 0. The summed E-state index contributed by atoms with van der Waals surface area (Å²) in [6.45, 7) is 2.63. The van der Waals surface area contributed by atoms with Crippen LogP contribution in [-0.2, 0) is 4.79 Å². The number of Topliss-reactive ketones (excluding diaryl/α,β-unsaturated/α-hetero) is 1. The van der Waals surface area contributed by atoms with E-state index in [1.807, 2.05) is 0 Å². The average Bonchev–Trinajstić information content (AvgIpc) is 2.10. The van der Waals surface area contributed by atoms with Crippen molar-refractivity contribution in [3.05, 3.63) is 0 Å². The van der Waals surface area contributed by atoms with Crippen LogP contribution in [0.2, 0.25) is 0 Å². The summed E-state index contributed by atoms with van der Waals surface area (Å²) in [6, 6.07) is 0. The number of ketones is 1. The SMILES string of the molecule is CC(=O)CN1CC(O)C(O)C1. The molecule has 0 bridgehead atoms. The van der Waals surface area contributed by atoms with Crippen molar-refractivity contribution < 1.29 is 15.0 Å². The summed E-state index contributed by atoms with van der Waals surface area (Å²) >= 11 is 0. The third kappa shape index (κ3) is 2.25. The fourth-order valence-corrected chi connectivity index (χ4v) is 1.29. The Balaban J connectivity index is 2.35. The van der Waals surface area contributed by atoms with Gasteiger partial charge in [0.25, 0.3) is 0 Å². The van der Waals surface area contributed by atoms with Crippen LogP contribution >= 0.6 is 0 Å². The van der Waals surface area contributed by atoms with Gasteiger partial charge in [-0.15, -0.1) is 0 Å². The maximum Gasteiger partial charge on any atom is 0.143 e. The Labute approximate surface area is 65.4 Å². The molecule has 0 aromatic heterocycles. The summed E-state index contributed by atoms with van der Waals surface area (Å²) in [4.78, 5) is 12.4. The first-order valence-corrected chi connectivity index (χ1v) is 3.67. The fourth-order valence-electron chi connectivity index (χ4n) is 1.29. The Morgan fingerprint density at radius 3 is 2.27 bits per heavy atom. The smallest absolute Gasteiger partial charge is 0.143 e. The van der Waals surface area contributed by atoms with Gasteiger partial charge in [0, 0.05) is 13.1 Å². The van der Waals surface area contributed by atoms with E-state index >= 15 is 0 Å². The predicted molar refractivity (Wildman–Crippen MR) is 39.1 cm³/mol. The molecule has 1 saturated heterocycles. The van der Waals surface area contributed by atoms with Crippen LogP contribution in [0.25, 0.3) is 0 Å². The molecule has 1 heterocycles. The quantitative estimate of drug-likeness (QED) is 0.521. The Kier molecular flexibility index (Phi) is 2.59. The van der Waals surface area contributed by atoms with Crippen molar-refractivity contribution in [3.8, 4) is 0 Å². The van der Waals surface area contributed by atoms with Crippen molar-refractivity contribution in [1.29, 1.82) is 0 Å². The number of aliphatic hydroxyl groups is 2. The first-order chi connectivity index (χ1) is 5.09. The average molecular weight is 159 g/mol. The largest absolute Gasteiger partial charge is 0.389 e. The van der Waals surface area contributed by atoms with Gasteiger partial charge in [-0.05, 0) is 6.92 Å². The highest BCUT2D eigenvalue weighted by Crippen LogP contribution is 2.08. The minimum Gasteiger partial charge on any atom is -0.389 e. The number of aliphatic hydroxyl groups excluding tert-OH is 2. The monoisotopic (exact) mass is 159 g/mol. The van der Waals surface area contributed by atoms with Crippen LogP contribution < -0.4 is 0 Å². The number of hydrogen-bond donors (Lipinski definition) is 2. The van der Waals surface area contributed by atoms with Gasteiger partial charge in [0.05, 0.1) is 18.8 Å². The number of nitrogens with zero attached hydrogens (tertiary/aromatic N) is 1. The molecule has 0 spiro atoms. The summed E-state index contributed by atoms with van der Waals surface area (Å²) in [5, 5.41) is 18.2. The van der Waals surface area contributed by atoms with Crippen LogP contribution in [0.15, 0.2) is 0 Å². The Bertz CT molecular complexity index is 150. The van der Waals surface area contributed by atoms with Crippen molar-refractivity contribution in [2.24, 2.45) is 0 Å². The van der Waals surface area contributed by atoms with Crippen LogP contribution in [0.3, 0.4) is 0 Å². The van der Waals surface area contributed by atoms with Crippen molar-refractivity contribution in [1.82, 2.24) is 4.90 Å². The molecule has 0 aliphatic carbocycles. The molecule has 2 unspecified atom stereocenters. The Morgan fingerprint density at radius 2 is 1.91 bits per heavy atom. The number of β-amino-alcohol motifs (C(OH)–C–C–N with tert-alkyl or cyclic N) is 2. The number of rotatable bonds is 2. The highest BCUT2D eigenvalue weighted by atomic mass is 16.3. The van der Waals surface area contributed by atoms with Crippen LogP contribution in [0.1, 0.15) is 6.92 Å². The molecule has 11 heavy (non-hydrogen) atoms. The van der Waals surface area contributed by atoms with Crippen molar-refractivity contribution in [2.45, 2.75) is 19.1 Å². The third-order valence-electron chi connectivity index (χ3n) is 1.78. The topological polar surface area (TPSA) is 60.8 Å². The number of carbonyl (C=O) groups is 1. The Hall–Kier alpha value is -0.450. The molecule has 64 valence electrons. The number of carbonyl (C=O) groups excluding carboxylic acids is 1. The lowest BCUT2D eigenvalue weighted by atomic mass is 10.3. The number of hydrogen-bond acceptors (Lipinski definition) is 4. The maximum absolute atomic E-state index is 10.6. The summed E-state index contributed by atoms with van der Waals surface area (Å²) < 4.78 is 0. The zero-order chi connectivity index (χ0) is 8.43. The molecule has 1 rings (SSSR count). The molecular formula is C7H13NO3. The molecular weight excluding hydrogens is 146 g/mol. The van der Waals surface area contributed by atoms with E-state index in [2.05, 4.69) is 0 Å². The maximum atomic E-state index is 10.6. The molecule has 4 heteroatoms. The van der Waals surface area contributed by atoms with Crippen molar-refractivity contribution >= 4 is 5.78 Å². The van der Waals surface area contributed by atoms with Crippen molar-refractivity contribution in [3.63, 3.8) is 0 Å². The first-order valence-electron chi connectivity index (χ1n) is 3.67. The lowest BCUT2D eigenvalue weighted by molar-refractivity contribution is -0.117. The van der Waals surface area contributed by atoms with Gasteiger partial charge in [-0.3, -0.25) is 9.69 Å². The van der Waals surface area contributed by atoms with E-state index in [-0.39, 0.29) is 5.78 Å². The van der Waals surface area contributed by atoms with Crippen LogP contribution in [0, 0.1) is 0 Å². The second kappa shape index (κ2) is 3.30. The molecule has 2 N–H and O–H groups in total. The normalized spacial score (nSPS) is 32.6. The van der Waals surface area contributed by atoms with Gasteiger partial charge in [-0.1, -0.05) is 0 Å². The first kappa shape index (κ1) is 8.64. The Morgan fingerprint density at radius 1 is 1.45 bits per heavy atom. The highest BCUT2D eigenvalue weighted by molar-refractivity contribution is 5.77. The van der Waals surface area contributed by atoms with E-state index in [4.69, 9.17) is 10.2 Å². The standard InChI is InChI=1S/C7H13NO3/c1-5(9)2-8-3-6(10)7(11)4-8/h6-7,10-11H,2-4H2,1H3. The van der Waals surface area contributed by atoms with Gasteiger partial charge in [0.1, 0.15) is 5.78 Å². The molecule has 2 atom stereocenters. The molecule has 0 radical (unpaired) electrons. The van der Waals surface area contributed by atoms with Gasteiger partial charge >= 0.3 is 0 Å². The second-order valence-corrected chi connectivity index (χ2v) is 3.03. The molecule has 1 aliphatic heterocycles. The lowest BCUT2D eigenvalue weighted by Gasteiger charge is -2.10. The fraction of sp³-hybridized carbons (Fsp3) is 0.857. The zero-order valence-corrected chi connectivity index (χ0v) is 6.53. The van der Waals surface area contributed by atoms with Crippen LogP contribution in [0.4, 0.5) is 0 Å². The molecule has 0 aromatic rings. The minimum absolute atomic E-state index is 0.0614. The van der Waals surface area contributed by atoms with Crippen LogP contribution in [-0.4, -0.2) is 52.7 Å². The molecule has 0 aromatic carbocycles. The highest BCUT2D eigenvalue weighted by Gasteiger charge is 2.29. The molecule has 0 amide bonds. The lowest BCUT2D eigenvalue weighted by Crippen LogP contribution is -2.27. The van der Waals surface area contributed by atoms with Gasteiger partial charge in [0.2, 0.25) is 0 Å². The molecule has 1 aliphatic rings. The van der Waals surface area contributed by atoms with Gasteiger partial charge in [0.15, 0.2) is 0 Å². The van der Waals surface area contributed by atoms with Gasteiger partial charge in [-0.25, -0.2) is 0 Å². The zero-order valence-electron chi connectivity index (χ0n) is 6.53. The van der Waals surface area contributed by atoms with E-state index in [0.717, 1.165) is 0 Å². The van der Waals surface area contributed by atoms with Gasteiger partial charge in [-0.2, -0.15) is 0 Å². The number of likely N-dealkylation sites (tertiary alicyclic amines) is 1. The minimum atomic E-state index is -0.686. The second-order valence-electron chi connectivity index (χ2n) is 3.03. The molecule has 1 fully saturated rings. The third-order valence-corrected chi connectivity index (χ3v) is 1.78. The molecule has 0 saturated carbocycles. The van der Waals surface area contributed by atoms with E-state index in [1.165, 1.54) is 6.92 Å². The van der Waals surface area contributed by atoms with Crippen molar-refractivity contribution in [2.75, 3.05) is 19.6 Å². The van der Waals surface area contributed by atoms with E-state index < -0.39 is 12.2 Å². The molecule has 4 nitrogen and oxygen atoms in total. The summed E-state index contributed by atoms with van der Waals surface area (Å²) in [6.07, 6.45) is -1.37. The van der Waals surface area contributed by atoms with E-state index in [0.29, 0.717) is 19.6 Å². The van der Waals surface area contributed by atoms with E-state index in [9.17, 15) is 4.79 Å². The summed E-state index contributed by atoms with van der Waals surface area (Å²) in [5.74, 6) is 0.0614. The predicted octanol–water partition coefficient (Wildman–Crippen LogP) is -1.39.